The molecule has 0 radical (unpaired) electrons. The summed E-state index contributed by atoms with van der Waals surface area (Å²) in [4.78, 5) is 0. The summed E-state index contributed by atoms with van der Waals surface area (Å²) in [5.41, 5.74) is 0.423. The molecule has 0 saturated carbocycles. The fraction of sp³-hybridized carbons (Fsp3) is 0. The quantitative estimate of drug-likeness (QED) is 0.582. The molecule has 6 nitrogen and oxygen atoms in total. The highest BCUT2D eigenvalue weighted by Gasteiger charge is 2.08. The van der Waals surface area contributed by atoms with Crippen LogP contribution >= 0.6 is 0 Å². The van der Waals surface area contributed by atoms with Gasteiger partial charge in [0.05, 0.1) is 5.56 Å². The van der Waals surface area contributed by atoms with Crippen molar-refractivity contribution < 1.29 is 10.2 Å². The van der Waals surface area contributed by atoms with Crippen molar-refractivity contribution in [3.05, 3.63) is 18.2 Å². The second-order valence-electron chi connectivity index (χ2n) is 2.44. The number of aromatic nitrogens is 4. The van der Waals surface area contributed by atoms with E-state index >= 15 is 0 Å². The first-order valence-corrected chi connectivity index (χ1v) is 3.53. The number of hydrogen-bond acceptors (Lipinski definition) is 5. The molecule has 1 aromatic carbocycles. The molecular formula is C7H6N4O2. The van der Waals surface area contributed by atoms with Crippen LogP contribution in [0.3, 0.4) is 0 Å². The first-order chi connectivity index (χ1) is 6.27. The average molecular weight is 178 g/mol. The first kappa shape index (κ1) is 7.53. The number of nitrogens with one attached hydrogen (secondary N) is 1. The summed E-state index contributed by atoms with van der Waals surface area (Å²) in [5, 5.41) is 31.4. The fourth-order valence-corrected chi connectivity index (χ4v) is 0.985. The minimum atomic E-state index is -0.0820. The van der Waals surface area contributed by atoms with Gasteiger partial charge in [0.15, 0.2) is 0 Å². The minimum Gasteiger partial charge on any atom is -0.508 e. The third-order valence-electron chi connectivity index (χ3n) is 1.57. The number of aromatic hydroxyl groups is 2. The van der Waals surface area contributed by atoms with E-state index in [9.17, 15) is 5.11 Å². The summed E-state index contributed by atoms with van der Waals surface area (Å²) in [5.74, 6) is 0.198. The monoisotopic (exact) mass is 178 g/mol. The smallest absolute Gasteiger partial charge is 0.208 e. The molecule has 0 aliphatic heterocycles. The largest absolute Gasteiger partial charge is 0.508 e. The van der Waals surface area contributed by atoms with E-state index in [-0.39, 0.29) is 17.3 Å². The van der Waals surface area contributed by atoms with Gasteiger partial charge in [-0.05, 0) is 17.3 Å². The van der Waals surface area contributed by atoms with E-state index in [1.165, 1.54) is 18.2 Å². The van der Waals surface area contributed by atoms with Gasteiger partial charge in [-0.15, -0.1) is 10.2 Å². The molecule has 0 fully saturated rings. The SMILES string of the molecule is Oc1ccc(-c2nn[nH]n2)c(O)c1. The number of phenolic OH excluding ortho intramolecular Hbond substituents is 2. The van der Waals surface area contributed by atoms with E-state index in [1.807, 2.05) is 0 Å². The highest BCUT2D eigenvalue weighted by atomic mass is 16.3. The Morgan fingerprint density at radius 3 is 2.69 bits per heavy atom. The summed E-state index contributed by atoms with van der Waals surface area (Å²) in [6, 6.07) is 4.16. The lowest BCUT2D eigenvalue weighted by Gasteiger charge is -1.98. The van der Waals surface area contributed by atoms with Gasteiger partial charge in [0.1, 0.15) is 11.5 Å². The van der Waals surface area contributed by atoms with Crippen LogP contribution in [0.15, 0.2) is 18.2 Å². The van der Waals surface area contributed by atoms with Crippen molar-refractivity contribution in [2.75, 3.05) is 0 Å². The molecule has 0 unspecified atom stereocenters. The van der Waals surface area contributed by atoms with Crippen LogP contribution in [0.1, 0.15) is 0 Å². The predicted molar refractivity (Wildman–Crippen MR) is 42.9 cm³/mol. The molecule has 0 aliphatic carbocycles. The summed E-state index contributed by atoms with van der Waals surface area (Å²) in [6.07, 6.45) is 0. The van der Waals surface area contributed by atoms with Gasteiger partial charge in [-0.2, -0.15) is 5.21 Å². The van der Waals surface area contributed by atoms with Crippen LogP contribution in [0.25, 0.3) is 11.4 Å². The second-order valence-corrected chi connectivity index (χ2v) is 2.44. The Bertz CT molecular complexity index is 412. The Labute approximate surface area is 72.9 Å². The Morgan fingerprint density at radius 1 is 1.23 bits per heavy atom. The van der Waals surface area contributed by atoms with E-state index in [1.54, 1.807) is 0 Å². The van der Waals surface area contributed by atoms with Gasteiger partial charge in [0, 0.05) is 6.07 Å². The number of phenols is 2. The summed E-state index contributed by atoms with van der Waals surface area (Å²) >= 11 is 0. The second kappa shape index (κ2) is 2.74. The highest BCUT2D eigenvalue weighted by molar-refractivity contribution is 5.64. The number of tetrazole rings is 1. The standard InChI is InChI=1S/C7H6N4O2/c12-4-1-2-5(6(13)3-4)7-8-10-11-9-7/h1-3,12-13H,(H,8,9,10,11). The van der Waals surface area contributed by atoms with Gasteiger partial charge in [0.2, 0.25) is 5.82 Å². The molecule has 13 heavy (non-hydrogen) atoms. The van der Waals surface area contributed by atoms with Crippen LogP contribution in [0.2, 0.25) is 0 Å². The van der Waals surface area contributed by atoms with Crippen molar-refractivity contribution in [3.63, 3.8) is 0 Å². The van der Waals surface area contributed by atoms with Crippen molar-refractivity contribution in [2.45, 2.75) is 0 Å². The highest BCUT2D eigenvalue weighted by Crippen LogP contribution is 2.28. The normalized spacial score (nSPS) is 10.2. The number of rotatable bonds is 1. The van der Waals surface area contributed by atoms with Gasteiger partial charge in [-0.3, -0.25) is 0 Å². The minimum absolute atomic E-state index is 0.00950. The van der Waals surface area contributed by atoms with Gasteiger partial charge in [-0.25, -0.2) is 0 Å². The van der Waals surface area contributed by atoms with Gasteiger partial charge in [0.25, 0.3) is 0 Å². The maximum absolute atomic E-state index is 9.38. The Hall–Kier alpha value is -2.11. The summed E-state index contributed by atoms with van der Waals surface area (Å²) < 4.78 is 0. The van der Waals surface area contributed by atoms with Gasteiger partial charge >= 0.3 is 0 Å². The molecule has 0 spiro atoms. The van der Waals surface area contributed by atoms with Crippen molar-refractivity contribution in [1.29, 1.82) is 0 Å². The topological polar surface area (TPSA) is 94.9 Å². The van der Waals surface area contributed by atoms with Crippen LogP contribution in [0.5, 0.6) is 11.5 Å². The third kappa shape index (κ3) is 1.28. The molecule has 1 heterocycles. The average Bonchev–Trinajstić information content (AvgIpc) is 2.56. The molecule has 2 aromatic rings. The van der Waals surface area contributed by atoms with E-state index in [2.05, 4.69) is 20.6 Å². The Kier molecular flexibility index (Phi) is 1.59. The predicted octanol–water partition coefficient (Wildman–Crippen LogP) is 0.278. The van der Waals surface area contributed by atoms with Crippen LogP contribution < -0.4 is 0 Å². The molecule has 6 heteroatoms. The number of hydrogen-bond donors (Lipinski definition) is 3. The van der Waals surface area contributed by atoms with Crippen molar-refractivity contribution in [1.82, 2.24) is 20.6 Å². The molecule has 0 aliphatic rings. The number of nitrogens with zero attached hydrogens (tertiary/aromatic N) is 3. The molecule has 66 valence electrons. The molecule has 0 amide bonds. The van der Waals surface area contributed by atoms with Crippen LogP contribution in [0, 0.1) is 0 Å². The molecule has 0 bridgehead atoms. The first-order valence-electron chi connectivity index (χ1n) is 3.53. The molecule has 3 N–H and O–H groups in total. The Morgan fingerprint density at radius 2 is 2.08 bits per heavy atom. The maximum Gasteiger partial charge on any atom is 0.208 e. The van der Waals surface area contributed by atoms with E-state index in [0.29, 0.717) is 5.56 Å². The van der Waals surface area contributed by atoms with Gasteiger partial charge in [-0.1, -0.05) is 0 Å². The molecule has 0 atom stereocenters. The zero-order chi connectivity index (χ0) is 9.26. The zero-order valence-electron chi connectivity index (χ0n) is 6.47. The molecule has 0 saturated heterocycles. The lowest BCUT2D eigenvalue weighted by atomic mass is 10.2. The van der Waals surface area contributed by atoms with E-state index in [0.717, 1.165) is 0 Å². The van der Waals surface area contributed by atoms with Crippen molar-refractivity contribution >= 4 is 0 Å². The fourth-order valence-electron chi connectivity index (χ4n) is 0.985. The number of benzene rings is 1. The third-order valence-corrected chi connectivity index (χ3v) is 1.57. The molecule has 2 rings (SSSR count). The van der Waals surface area contributed by atoms with E-state index < -0.39 is 0 Å². The molecular weight excluding hydrogens is 172 g/mol. The van der Waals surface area contributed by atoms with E-state index in [4.69, 9.17) is 5.11 Å². The van der Waals surface area contributed by atoms with Crippen molar-refractivity contribution in [3.8, 4) is 22.9 Å². The Balaban J connectivity index is 2.53. The van der Waals surface area contributed by atoms with Crippen LogP contribution in [0.4, 0.5) is 0 Å². The van der Waals surface area contributed by atoms with Crippen molar-refractivity contribution in [2.24, 2.45) is 0 Å². The summed E-state index contributed by atoms with van der Waals surface area (Å²) in [6.45, 7) is 0. The molecule has 1 aromatic heterocycles. The van der Waals surface area contributed by atoms with Gasteiger partial charge < -0.3 is 10.2 Å². The zero-order valence-corrected chi connectivity index (χ0v) is 6.47. The van der Waals surface area contributed by atoms with Crippen LogP contribution in [-0.2, 0) is 0 Å². The number of aromatic amines is 1. The van der Waals surface area contributed by atoms with Crippen LogP contribution in [-0.4, -0.2) is 30.8 Å². The summed E-state index contributed by atoms with van der Waals surface area (Å²) in [7, 11) is 0. The lowest BCUT2D eigenvalue weighted by Crippen LogP contribution is -1.81. The number of H-pyrrole nitrogens is 1. The maximum atomic E-state index is 9.38. The lowest BCUT2D eigenvalue weighted by molar-refractivity contribution is 0.451.